The Labute approximate surface area is 80.4 Å². The number of halogens is 2. The molecule has 0 aliphatic carbocycles. The largest absolute Gasteiger partial charge is 0.250 e. The Morgan fingerprint density at radius 1 is 1.07 bits per heavy atom. The maximum absolute atomic E-state index is 12.6. The molecule has 0 amide bonds. The predicted molar refractivity (Wildman–Crippen MR) is 51.4 cm³/mol. The lowest BCUT2D eigenvalue weighted by molar-refractivity contribution is 0.470. The van der Waals surface area contributed by atoms with Crippen LogP contribution in [0.2, 0.25) is 0 Å². The van der Waals surface area contributed by atoms with Crippen LogP contribution in [0.5, 0.6) is 0 Å². The first-order valence-electron chi connectivity index (χ1n) is 4.34. The molecule has 0 aliphatic heterocycles. The highest BCUT2D eigenvalue weighted by Crippen LogP contribution is 2.19. The quantitative estimate of drug-likeness (QED) is 0.713. The molecule has 0 fully saturated rings. The summed E-state index contributed by atoms with van der Waals surface area (Å²) in [6.07, 6.45) is 0. The van der Waals surface area contributed by atoms with Crippen molar-refractivity contribution < 1.29 is 8.78 Å². The number of hydrogen-bond donors (Lipinski definition) is 0. The summed E-state index contributed by atoms with van der Waals surface area (Å²) >= 11 is 0. The van der Waals surface area contributed by atoms with Gasteiger partial charge in [-0.25, -0.2) is 8.78 Å². The average molecular weight is 193 g/mol. The van der Waals surface area contributed by atoms with Crippen LogP contribution in [-0.2, 0) is 13.3 Å². The number of rotatable bonds is 2. The van der Waals surface area contributed by atoms with Crippen LogP contribution in [0, 0.1) is 0 Å². The molecule has 0 spiro atoms. The van der Waals surface area contributed by atoms with Crippen molar-refractivity contribution in [2.24, 2.45) is 0 Å². The topological polar surface area (TPSA) is 12.9 Å². The lowest BCUT2D eigenvalue weighted by Crippen LogP contribution is -1.92. The molecule has 1 aromatic heterocycles. The van der Waals surface area contributed by atoms with Crippen molar-refractivity contribution in [2.45, 2.75) is 13.3 Å². The number of fused-ring (bicyclic) bond motifs is 1. The molecule has 0 saturated heterocycles. The summed E-state index contributed by atoms with van der Waals surface area (Å²) < 4.78 is 25.0. The van der Waals surface area contributed by atoms with Gasteiger partial charge in [0.05, 0.1) is 11.2 Å². The zero-order valence-corrected chi connectivity index (χ0v) is 7.50. The van der Waals surface area contributed by atoms with Gasteiger partial charge in [0.25, 0.3) is 0 Å². The molecule has 0 N–H and O–H groups in total. The Hall–Kier alpha value is -1.51. The number of hydrogen-bond acceptors (Lipinski definition) is 1. The molecule has 2 rings (SSSR count). The van der Waals surface area contributed by atoms with Crippen molar-refractivity contribution >= 4 is 10.9 Å². The van der Waals surface area contributed by atoms with Gasteiger partial charge in [0.1, 0.15) is 13.3 Å². The summed E-state index contributed by atoms with van der Waals surface area (Å²) in [6.45, 7) is -1.24. The molecule has 0 bridgehead atoms. The van der Waals surface area contributed by atoms with E-state index in [4.69, 9.17) is 0 Å². The summed E-state index contributed by atoms with van der Waals surface area (Å²) in [6, 6.07) is 8.65. The van der Waals surface area contributed by atoms with Gasteiger partial charge >= 0.3 is 0 Å². The van der Waals surface area contributed by atoms with Crippen LogP contribution < -0.4 is 0 Å². The molecule has 1 nitrogen and oxygen atoms in total. The minimum absolute atomic E-state index is 0.288. The van der Waals surface area contributed by atoms with Crippen molar-refractivity contribution in [2.75, 3.05) is 0 Å². The number of nitrogens with zero attached hydrogens (tertiary/aromatic N) is 1. The third-order valence-electron chi connectivity index (χ3n) is 2.14. The lowest BCUT2D eigenvalue weighted by atomic mass is 10.1. The van der Waals surface area contributed by atoms with Gasteiger partial charge in [-0.05, 0) is 17.7 Å². The summed E-state index contributed by atoms with van der Waals surface area (Å²) in [5.74, 6) is 0. The van der Waals surface area contributed by atoms with E-state index in [1.54, 1.807) is 18.2 Å². The minimum Gasteiger partial charge on any atom is -0.250 e. The Balaban J connectivity index is 2.73. The van der Waals surface area contributed by atoms with Gasteiger partial charge in [0.2, 0.25) is 0 Å². The number of benzene rings is 1. The summed E-state index contributed by atoms with van der Waals surface area (Å²) in [4.78, 5) is 4.06. The first-order chi connectivity index (χ1) is 6.85. The van der Waals surface area contributed by atoms with Crippen molar-refractivity contribution in [3.8, 4) is 0 Å². The van der Waals surface area contributed by atoms with Crippen molar-refractivity contribution in [1.29, 1.82) is 0 Å². The molecular weight excluding hydrogens is 184 g/mol. The Morgan fingerprint density at radius 2 is 1.86 bits per heavy atom. The van der Waals surface area contributed by atoms with Gasteiger partial charge in [0, 0.05) is 5.39 Å². The van der Waals surface area contributed by atoms with Crippen LogP contribution in [0.15, 0.2) is 30.3 Å². The van der Waals surface area contributed by atoms with Crippen LogP contribution in [0.3, 0.4) is 0 Å². The van der Waals surface area contributed by atoms with Crippen molar-refractivity contribution in [3.63, 3.8) is 0 Å². The van der Waals surface area contributed by atoms with E-state index < -0.39 is 13.3 Å². The molecule has 1 aromatic carbocycles. The fraction of sp³-hybridized carbons (Fsp3) is 0.182. The highest BCUT2D eigenvalue weighted by Gasteiger charge is 2.04. The number of alkyl halides is 2. The molecule has 0 saturated carbocycles. The normalized spacial score (nSPS) is 10.7. The molecule has 0 aliphatic rings. The number of aromatic nitrogens is 1. The monoisotopic (exact) mass is 193 g/mol. The number of para-hydroxylation sites is 1. The van der Waals surface area contributed by atoms with Gasteiger partial charge < -0.3 is 0 Å². The van der Waals surface area contributed by atoms with E-state index in [1.165, 1.54) is 6.07 Å². The zero-order chi connectivity index (χ0) is 9.97. The molecule has 0 radical (unpaired) electrons. The third kappa shape index (κ3) is 1.45. The molecule has 72 valence electrons. The van der Waals surface area contributed by atoms with Crippen LogP contribution >= 0.6 is 0 Å². The van der Waals surface area contributed by atoms with E-state index in [-0.39, 0.29) is 5.69 Å². The third-order valence-corrected chi connectivity index (χ3v) is 2.14. The molecule has 1 heterocycles. The smallest absolute Gasteiger partial charge is 0.131 e. The predicted octanol–water partition coefficient (Wildman–Crippen LogP) is 3.17. The molecule has 2 aromatic rings. The van der Waals surface area contributed by atoms with Gasteiger partial charge in [-0.15, -0.1) is 0 Å². The fourth-order valence-corrected chi connectivity index (χ4v) is 1.49. The Bertz CT molecular complexity index is 454. The van der Waals surface area contributed by atoms with Crippen LogP contribution in [0.4, 0.5) is 8.78 Å². The molecular formula is C11H9F2N. The highest BCUT2D eigenvalue weighted by molar-refractivity contribution is 5.82. The first kappa shape index (κ1) is 9.06. The van der Waals surface area contributed by atoms with Crippen molar-refractivity contribution in [1.82, 2.24) is 4.98 Å². The van der Waals surface area contributed by atoms with E-state index >= 15 is 0 Å². The zero-order valence-electron chi connectivity index (χ0n) is 7.50. The molecule has 0 unspecified atom stereocenters. The lowest BCUT2D eigenvalue weighted by Gasteiger charge is -2.04. The SMILES string of the molecule is FCc1cc(CF)c2ccccc2n1. The summed E-state index contributed by atoms with van der Waals surface area (Å²) in [5.41, 5.74) is 1.44. The summed E-state index contributed by atoms with van der Waals surface area (Å²) in [7, 11) is 0. The standard InChI is InChI=1S/C11H9F2N/c12-6-8-5-9(7-13)14-11-4-2-1-3-10(8)11/h1-5H,6-7H2. The van der Waals surface area contributed by atoms with E-state index in [2.05, 4.69) is 4.98 Å². The second kappa shape index (κ2) is 3.70. The van der Waals surface area contributed by atoms with Crippen molar-refractivity contribution in [3.05, 3.63) is 41.6 Å². The van der Waals surface area contributed by atoms with E-state index in [0.717, 1.165) is 5.39 Å². The maximum Gasteiger partial charge on any atom is 0.131 e. The van der Waals surface area contributed by atoms with Crippen LogP contribution in [0.25, 0.3) is 10.9 Å². The molecule has 14 heavy (non-hydrogen) atoms. The van der Waals surface area contributed by atoms with Crippen LogP contribution in [-0.4, -0.2) is 4.98 Å². The fourth-order valence-electron chi connectivity index (χ4n) is 1.49. The van der Waals surface area contributed by atoms with Gasteiger partial charge in [-0.1, -0.05) is 18.2 Å². The Morgan fingerprint density at radius 3 is 2.57 bits per heavy atom. The molecule has 3 heteroatoms. The second-order valence-corrected chi connectivity index (χ2v) is 3.06. The van der Waals surface area contributed by atoms with Gasteiger partial charge in [-0.2, -0.15) is 0 Å². The first-order valence-corrected chi connectivity index (χ1v) is 4.34. The maximum atomic E-state index is 12.6. The second-order valence-electron chi connectivity index (χ2n) is 3.06. The molecule has 0 atom stereocenters. The van der Waals surface area contributed by atoms with Gasteiger partial charge in [0.15, 0.2) is 0 Å². The minimum atomic E-state index is -0.655. The average Bonchev–Trinajstić information content (AvgIpc) is 2.27. The Kier molecular flexibility index (Phi) is 2.39. The van der Waals surface area contributed by atoms with Crippen LogP contribution in [0.1, 0.15) is 11.3 Å². The number of pyridine rings is 1. The summed E-state index contributed by atoms with van der Waals surface area (Å²) in [5, 5.41) is 0.757. The highest BCUT2D eigenvalue weighted by atomic mass is 19.1. The van der Waals surface area contributed by atoms with Gasteiger partial charge in [-0.3, -0.25) is 4.98 Å². The van der Waals surface area contributed by atoms with E-state index in [0.29, 0.717) is 11.1 Å². The van der Waals surface area contributed by atoms with E-state index in [1.807, 2.05) is 6.07 Å². The van der Waals surface area contributed by atoms with E-state index in [9.17, 15) is 8.78 Å².